The molecule has 4 nitrogen and oxygen atoms in total. The van der Waals surface area contributed by atoms with Gasteiger partial charge in [-0.15, -0.1) is 0 Å². The van der Waals surface area contributed by atoms with E-state index < -0.39 is 18.3 Å². The molecule has 3 aromatic carbocycles. The van der Waals surface area contributed by atoms with Gasteiger partial charge in [-0.25, -0.2) is 0 Å². The second-order valence-electron chi connectivity index (χ2n) is 12.8. The van der Waals surface area contributed by atoms with Gasteiger partial charge in [0.1, 0.15) is 12.5 Å². The van der Waals surface area contributed by atoms with Crippen molar-refractivity contribution in [2.45, 2.75) is 77.9 Å². The van der Waals surface area contributed by atoms with Gasteiger partial charge in [-0.2, -0.15) is 0 Å². The Morgan fingerprint density at radius 3 is 2.25 bits per heavy atom. The number of alkyl halides is 1. The zero-order valence-corrected chi connectivity index (χ0v) is 28.0. The first-order valence-corrected chi connectivity index (χ1v) is 16.5. The van der Waals surface area contributed by atoms with Crippen molar-refractivity contribution in [3.05, 3.63) is 93.0 Å². The van der Waals surface area contributed by atoms with Gasteiger partial charge in [0.25, 0.3) is 0 Å². The molecule has 0 amide bonds. The van der Waals surface area contributed by atoms with E-state index in [0.29, 0.717) is 29.7 Å². The molecule has 1 aliphatic carbocycles. The van der Waals surface area contributed by atoms with E-state index in [9.17, 15) is 4.39 Å². The molecule has 44 heavy (non-hydrogen) atoms. The number of fused-ring (bicyclic) bond motifs is 1. The molecule has 0 spiro atoms. The fourth-order valence-electron chi connectivity index (χ4n) is 5.99. The number of halogens is 3. The topological polar surface area (TPSA) is 30.9 Å². The van der Waals surface area contributed by atoms with Crippen molar-refractivity contribution in [1.29, 1.82) is 0 Å². The highest BCUT2D eigenvalue weighted by atomic mass is 35.5. The third-order valence-electron chi connectivity index (χ3n) is 9.06. The monoisotopic (exact) mass is 637 g/mol. The van der Waals surface area contributed by atoms with E-state index in [1.807, 2.05) is 30.3 Å². The lowest BCUT2D eigenvalue weighted by Crippen LogP contribution is -2.41. The Bertz CT molecular complexity index is 1480. The minimum Gasteiger partial charge on any atom is -0.478 e. The Hall–Kier alpha value is -2.35. The molecule has 0 saturated carbocycles. The van der Waals surface area contributed by atoms with E-state index in [1.54, 1.807) is 0 Å². The molecule has 0 bridgehead atoms. The summed E-state index contributed by atoms with van der Waals surface area (Å²) in [5.74, 6) is 0.784. The number of nitrogens with zero attached hydrogens (tertiary/aromatic N) is 1. The van der Waals surface area contributed by atoms with Crippen LogP contribution >= 0.6 is 23.2 Å². The lowest BCUT2D eigenvalue weighted by atomic mass is 9.76. The van der Waals surface area contributed by atoms with Crippen LogP contribution in [0.2, 0.25) is 10.0 Å². The highest BCUT2D eigenvalue weighted by molar-refractivity contribution is 6.62. The van der Waals surface area contributed by atoms with Gasteiger partial charge >= 0.3 is 7.12 Å². The van der Waals surface area contributed by atoms with E-state index in [1.165, 1.54) is 16.7 Å². The molecule has 234 valence electrons. The fraction of sp³-hybridized carbons (Fsp3) is 0.444. The van der Waals surface area contributed by atoms with Crippen molar-refractivity contribution in [1.82, 2.24) is 4.90 Å². The first-order chi connectivity index (χ1) is 21.0. The molecule has 0 atom stereocenters. The van der Waals surface area contributed by atoms with Crippen LogP contribution in [0.1, 0.15) is 82.6 Å². The number of rotatable bonds is 11. The Kier molecular flexibility index (Phi) is 10.5. The molecular weight excluding hydrogens is 595 g/mol. The second-order valence-corrected chi connectivity index (χ2v) is 13.6. The molecular formula is C36H43BCl2FNO3. The van der Waals surface area contributed by atoms with Crippen LogP contribution < -0.4 is 10.2 Å². The van der Waals surface area contributed by atoms with Gasteiger partial charge < -0.3 is 14.0 Å². The largest absolute Gasteiger partial charge is 0.494 e. The number of benzene rings is 3. The van der Waals surface area contributed by atoms with E-state index in [2.05, 4.69) is 69.9 Å². The summed E-state index contributed by atoms with van der Waals surface area (Å²) in [6.45, 7) is 12.1. The van der Waals surface area contributed by atoms with Crippen LogP contribution in [0.15, 0.2) is 60.7 Å². The molecule has 8 heteroatoms. The number of hydrogen-bond acceptors (Lipinski definition) is 4. The van der Waals surface area contributed by atoms with Gasteiger partial charge in [-0.3, -0.25) is 9.29 Å². The van der Waals surface area contributed by atoms with Crippen molar-refractivity contribution < 1.29 is 18.4 Å². The van der Waals surface area contributed by atoms with Crippen LogP contribution in [0.3, 0.4) is 0 Å². The molecule has 0 aromatic heterocycles. The third kappa shape index (κ3) is 7.21. The molecule has 1 heterocycles. The number of ether oxygens (including phenoxy) is 1. The van der Waals surface area contributed by atoms with Crippen LogP contribution in [0, 0.1) is 0 Å². The average molecular weight is 638 g/mol. The Morgan fingerprint density at radius 1 is 0.886 bits per heavy atom. The summed E-state index contributed by atoms with van der Waals surface area (Å²) >= 11 is 13.1. The number of hydrogen-bond donors (Lipinski definition) is 0. The van der Waals surface area contributed by atoms with Crippen LogP contribution in [0.5, 0.6) is 5.75 Å². The minimum absolute atomic E-state index is 0.316. The van der Waals surface area contributed by atoms with Crippen molar-refractivity contribution in [2.24, 2.45) is 0 Å². The summed E-state index contributed by atoms with van der Waals surface area (Å²) < 4.78 is 31.7. The zero-order valence-electron chi connectivity index (χ0n) is 26.5. The van der Waals surface area contributed by atoms with Gasteiger partial charge in [0.15, 0.2) is 0 Å². The highest BCUT2D eigenvalue weighted by Crippen LogP contribution is 2.43. The maximum atomic E-state index is 12.8. The van der Waals surface area contributed by atoms with Crippen molar-refractivity contribution >= 4 is 46.9 Å². The first kappa shape index (κ1) is 33.0. The number of allylic oxidation sites excluding steroid dienone is 1. The predicted molar refractivity (Wildman–Crippen MR) is 182 cm³/mol. The summed E-state index contributed by atoms with van der Waals surface area (Å²) in [4.78, 5) is 2.15. The van der Waals surface area contributed by atoms with E-state index >= 15 is 0 Å². The van der Waals surface area contributed by atoms with Gasteiger partial charge in [0, 0.05) is 23.1 Å². The van der Waals surface area contributed by atoms with Gasteiger partial charge in [0.2, 0.25) is 0 Å². The molecule has 3 aromatic rings. The Labute approximate surface area is 272 Å². The summed E-state index contributed by atoms with van der Waals surface area (Å²) in [6.07, 6.45) is 4.28. The van der Waals surface area contributed by atoms with Crippen LogP contribution in [0.4, 0.5) is 4.39 Å². The van der Waals surface area contributed by atoms with E-state index in [-0.39, 0.29) is 6.67 Å². The van der Waals surface area contributed by atoms with Crippen LogP contribution in [0.25, 0.3) is 11.1 Å². The quantitative estimate of drug-likeness (QED) is 0.155. The Balaban J connectivity index is 1.52. The maximum Gasteiger partial charge on any atom is 0.494 e. The predicted octanol–water partition coefficient (Wildman–Crippen LogP) is 9.00. The summed E-state index contributed by atoms with van der Waals surface area (Å²) in [5, 5.41) is 1.26. The minimum atomic E-state index is -0.417. The second kappa shape index (κ2) is 14.0. The smallest absolute Gasteiger partial charge is 0.478 e. The van der Waals surface area contributed by atoms with Crippen molar-refractivity contribution in [2.75, 3.05) is 26.5 Å². The Morgan fingerprint density at radius 2 is 1.59 bits per heavy atom. The van der Waals surface area contributed by atoms with E-state index in [4.69, 9.17) is 37.2 Å². The highest BCUT2D eigenvalue weighted by Gasteiger charge is 2.51. The molecule has 1 saturated heterocycles. The van der Waals surface area contributed by atoms with Crippen LogP contribution in [-0.4, -0.2) is 49.7 Å². The molecule has 1 fully saturated rings. The zero-order chi connectivity index (χ0) is 31.5. The summed E-state index contributed by atoms with van der Waals surface area (Å²) in [6, 6.07) is 20.6. The molecule has 0 unspecified atom stereocenters. The third-order valence-corrected chi connectivity index (χ3v) is 9.61. The fourth-order valence-corrected chi connectivity index (χ4v) is 6.51. The SMILES string of the molecule is CCCN(CCCF)COc1ccc(C2=C(c3ccc(Cl)cc3Cl)CCCc3cc(B4OC(C)(C)C(C)(C)O4)ccc32)cc1. The molecule has 2 aliphatic rings. The summed E-state index contributed by atoms with van der Waals surface area (Å²) in [7, 11) is -0.417. The van der Waals surface area contributed by atoms with Gasteiger partial charge in [0.05, 0.1) is 17.9 Å². The number of aryl methyl sites for hydroxylation is 1. The first-order valence-electron chi connectivity index (χ1n) is 15.7. The molecule has 5 rings (SSSR count). The standard InChI is InChI=1S/C36H43BCl2FNO3/c1-6-20-41(21-8-19-40)24-42-29-15-11-25(12-16-29)34-30-17-13-27(37-43-35(2,3)36(4,5)44-37)22-26(30)9-7-10-32(34)31-18-14-28(38)23-33(31)39/h11-18,22-23H,6-10,19-21,24H2,1-5H3. The maximum absolute atomic E-state index is 12.8. The lowest BCUT2D eigenvalue weighted by Gasteiger charge is -2.32. The van der Waals surface area contributed by atoms with Gasteiger partial charge in [-0.1, -0.05) is 66.5 Å². The molecule has 0 N–H and O–H groups in total. The molecule has 1 aliphatic heterocycles. The average Bonchev–Trinajstić information content (AvgIpc) is 3.10. The normalized spacial score (nSPS) is 17.6. The van der Waals surface area contributed by atoms with Crippen molar-refractivity contribution in [3.63, 3.8) is 0 Å². The van der Waals surface area contributed by atoms with E-state index in [0.717, 1.165) is 60.1 Å². The molecule has 0 radical (unpaired) electrons. The van der Waals surface area contributed by atoms with Crippen LogP contribution in [-0.2, 0) is 15.7 Å². The summed E-state index contributed by atoms with van der Waals surface area (Å²) in [5.41, 5.74) is 7.10. The lowest BCUT2D eigenvalue weighted by molar-refractivity contribution is 0.00578. The van der Waals surface area contributed by atoms with Gasteiger partial charge in [-0.05, 0) is 123 Å². The van der Waals surface area contributed by atoms with Crippen molar-refractivity contribution in [3.8, 4) is 5.75 Å².